The highest BCUT2D eigenvalue weighted by atomic mass is 32.3. The lowest BCUT2D eigenvalue weighted by Gasteiger charge is -2.05. The Morgan fingerprint density at radius 2 is 1.00 bits per heavy atom. The topological polar surface area (TPSA) is 139 Å². The third-order valence-electron chi connectivity index (χ3n) is 2.43. The average Bonchev–Trinajstić information content (AvgIpc) is 2.41. The molecule has 10 nitrogen and oxygen atoms in total. The third kappa shape index (κ3) is 12.2. The molecular weight excluding hydrogens is 368 g/mol. The number of rotatable bonds is 13. The molecular formula is C12H22O10S2. The molecule has 0 amide bonds. The van der Waals surface area contributed by atoms with Gasteiger partial charge in [0.1, 0.15) is 0 Å². The van der Waals surface area contributed by atoms with Crippen LogP contribution in [0.2, 0.25) is 0 Å². The van der Waals surface area contributed by atoms with Crippen molar-refractivity contribution in [1.29, 1.82) is 0 Å². The zero-order valence-corrected chi connectivity index (χ0v) is 15.2. The lowest BCUT2D eigenvalue weighted by atomic mass is 10.1. The maximum atomic E-state index is 11.3. The zero-order chi connectivity index (χ0) is 18.6. The van der Waals surface area contributed by atoms with Crippen LogP contribution in [0.25, 0.3) is 0 Å². The van der Waals surface area contributed by atoms with Crippen LogP contribution in [0.4, 0.5) is 0 Å². The van der Waals surface area contributed by atoms with E-state index in [9.17, 15) is 26.4 Å². The third-order valence-corrected chi connectivity index (χ3v) is 4.25. The molecule has 0 saturated carbocycles. The molecule has 0 atom stereocenters. The zero-order valence-electron chi connectivity index (χ0n) is 13.6. The second kappa shape index (κ2) is 11.3. The van der Waals surface area contributed by atoms with E-state index in [0.717, 1.165) is 0 Å². The molecule has 0 aromatic rings. The SMILES string of the molecule is CCOS(=O)(=O)OC(=O)CCCCCCC(=O)OS(=O)(=O)OCC. The first-order valence-electron chi connectivity index (χ1n) is 7.35. The highest BCUT2D eigenvalue weighted by Gasteiger charge is 2.18. The molecule has 24 heavy (non-hydrogen) atoms. The second-order valence-electron chi connectivity index (χ2n) is 4.45. The molecule has 0 radical (unpaired) electrons. The smallest absolute Gasteiger partial charge is 0.325 e. The van der Waals surface area contributed by atoms with Gasteiger partial charge in [-0.1, -0.05) is 12.8 Å². The van der Waals surface area contributed by atoms with Gasteiger partial charge in [0.15, 0.2) is 0 Å². The lowest BCUT2D eigenvalue weighted by molar-refractivity contribution is -0.136. The van der Waals surface area contributed by atoms with E-state index in [2.05, 4.69) is 16.7 Å². The van der Waals surface area contributed by atoms with E-state index in [1.807, 2.05) is 0 Å². The molecule has 0 spiro atoms. The van der Waals surface area contributed by atoms with Crippen molar-refractivity contribution in [3.05, 3.63) is 0 Å². The summed E-state index contributed by atoms with van der Waals surface area (Å²) in [5.74, 6) is -1.85. The molecule has 0 saturated heterocycles. The first kappa shape index (κ1) is 22.8. The van der Waals surface area contributed by atoms with Gasteiger partial charge in [-0.05, 0) is 26.7 Å². The summed E-state index contributed by atoms with van der Waals surface area (Å²) in [5.41, 5.74) is 0. The fraction of sp³-hybridized carbons (Fsp3) is 0.833. The van der Waals surface area contributed by atoms with E-state index in [1.165, 1.54) is 13.8 Å². The molecule has 0 aromatic carbocycles. The Bertz CT molecular complexity index is 539. The molecule has 0 aliphatic heterocycles. The lowest BCUT2D eigenvalue weighted by Crippen LogP contribution is -2.15. The molecule has 0 aromatic heterocycles. The molecule has 0 aliphatic carbocycles. The summed E-state index contributed by atoms with van der Waals surface area (Å²) < 4.78 is 61.0. The molecule has 0 rings (SSSR count). The Kier molecular flexibility index (Phi) is 10.8. The molecule has 0 heterocycles. The quantitative estimate of drug-likeness (QED) is 0.418. The highest BCUT2D eigenvalue weighted by molar-refractivity contribution is 7.82. The highest BCUT2D eigenvalue weighted by Crippen LogP contribution is 2.09. The van der Waals surface area contributed by atoms with Crippen molar-refractivity contribution in [3.63, 3.8) is 0 Å². The van der Waals surface area contributed by atoms with Crippen LogP contribution in [0.1, 0.15) is 52.4 Å². The van der Waals surface area contributed by atoms with Crippen LogP contribution >= 0.6 is 0 Å². The summed E-state index contributed by atoms with van der Waals surface area (Å²) >= 11 is 0. The van der Waals surface area contributed by atoms with Gasteiger partial charge >= 0.3 is 32.7 Å². The maximum Gasteiger partial charge on any atom is 0.451 e. The standard InChI is InChI=1S/C12H22O10S2/c1-3-19-23(15,16)21-11(13)9-7-5-6-8-10-12(14)22-24(17,18)20-4-2/h3-10H2,1-2H3. The Hall–Kier alpha value is -1.24. The van der Waals surface area contributed by atoms with Crippen LogP contribution in [-0.2, 0) is 47.1 Å². The van der Waals surface area contributed by atoms with Gasteiger partial charge in [-0.2, -0.15) is 16.8 Å². The summed E-state index contributed by atoms with van der Waals surface area (Å²) in [6, 6.07) is 0. The molecule has 142 valence electrons. The predicted octanol–water partition coefficient (Wildman–Crippen LogP) is 0.976. The van der Waals surface area contributed by atoms with Crippen molar-refractivity contribution in [3.8, 4) is 0 Å². The number of hydrogen-bond acceptors (Lipinski definition) is 10. The maximum absolute atomic E-state index is 11.3. The molecule has 0 aliphatic rings. The molecule has 0 unspecified atom stereocenters. The Balaban J connectivity index is 3.81. The van der Waals surface area contributed by atoms with Gasteiger partial charge in [0.2, 0.25) is 0 Å². The fourth-order valence-electron chi connectivity index (χ4n) is 1.54. The van der Waals surface area contributed by atoms with Crippen molar-refractivity contribution >= 4 is 32.7 Å². The van der Waals surface area contributed by atoms with E-state index >= 15 is 0 Å². The van der Waals surface area contributed by atoms with E-state index in [4.69, 9.17) is 0 Å². The summed E-state index contributed by atoms with van der Waals surface area (Å²) in [6.07, 6.45) is 1.52. The Morgan fingerprint density at radius 3 is 1.29 bits per heavy atom. The van der Waals surface area contributed by atoms with Crippen molar-refractivity contribution in [2.45, 2.75) is 52.4 Å². The van der Waals surface area contributed by atoms with Crippen LogP contribution in [-0.4, -0.2) is 42.0 Å². The normalized spacial score (nSPS) is 11.9. The number of hydrogen-bond donors (Lipinski definition) is 0. The van der Waals surface area contributed by atoms with Crippen molar-refractivity contribution in [1.82, 2.24) is 0 Å². The van der Waals surface area contributed by atoms with Crippen molar-refractivity contribution in [2.75, 3.05) is 13.2 Å². The van der Waals surface area contributed by atoms with E-state index in [-0.39, 0.29) is 26.1 Å². The first-order chi connectivity index (χ1) is 11.1. The summed E-state index contributed by atoms with van der Waals surface area (Å²) in [7, 11) is -8.58. The van der Waals surface area contributed by atoms with Crippen LogP contribution < -0.4 is 0 Å². The Labute approximate surface area is 142 Å². The van der Waals surface area contributed by atoms with Gasteiger partial charge < -0.3 is 8.37 Å². The summed E-state index contributed by atoms with van der Waals surface area (Å²) in [6.45, 7) is 2.61. The van der Waals surface area contributed by atoms with E-state index in [1.54, 1.807) is 0 Å². The minimum absolute atomic E-state index is 0.116. The first-order valence-corrected chi connectivity index (χ1v) is 10.0. The van der Waals surface area contributed by atoms with Crippen molar-refractivity contribution < 1.29 is 43.2 Å². The summed E-state index contributed by atoms with van der Waals surface area (Å²) in [4.78, 5) is 22.5. The fourth-order valence-corrected chi connectivity index (χ4v) is 2.84. The monoisotopic (exact) mass is 390 g/mol. The predicted molar refractivity (Wildman–Crippen MR) is 81.0 cm³/mol. The minimum Gasteiger partial charge on any atom is -0.325 e. The van der Waals surface area contributed by atoms with E-state index in [0.29, 0.717) is 25.7 Å². The van der Waals surface area contributed by atoms with Crippen LogP contribution in [0.15, 0.2) is 0 Å². The number of carbonyl (C=O) groups excluding carboxylic acids is 2. The van der Waals surface area contributed by atoms with Crippen LogP contribution in [0.3, 0.4) is 0 Å². The minimum atomic E-state index is -4.29. The van der Waals surface area contributed by atoms with Gasteiger partial charge in [0.05, 0.1) is 13.2 Å². The molecule has 0 bridgehead atoms. The molecule has 12 heteroatoms. The number of carbonyl (C=O) groups is 2. The Morgan fingerprint density at radius 1 is 0.667 bits per heavy atom. The van der Waals surface area contributed by atoms with Crippen molar-refractivity contribution in [2.24, 2.45) is 0 Å². The van der Waals surface area contributed by atoms with Crippen LogP contribution in [0, 0.1) is 0 Å². The van der Waals surface area contributed by atoms with Crippen LogP contribution in [0.5, 0.6) is 0 Å². The van der Waals surface area contributed by atoms with Gasteiger partial charge in [0.25, 0.3) is 0 Å². The molecule has 0 N–H and O–H groups in total. The van der Waals surface area contributed by atoms with Gasteiger partial charge in [0, 0.05) is 12.8 Å². The summed E-state index contributed by atoms with van der Waals surface area (Å²) in [5, 5.41) is 0. The van der Waals surface area contributed by atoms with Gasteiger partial charge in [-0.25, -0.2) is 8.37 Å². The average molecular weight is 390 g/mol. The number of unbranched alkanes of at least 4 members (excludes halogenated alkanes) is 3. The largest absolute Gasteiger partial charge is 0.451 e. The second-order valence-corrected chi connectivity index (χ2v) is 6.89. The molecule has 0 fully saturated rings. The van der Waals surface area contributed by atoms with Gasteiger partial charge in [-0.3, -0.25) is 9.59 Å². The van der Waals surface area contributed by atoms with Gasteiger partial charge in [-0.15, -0.1) is 0 Å². The van der Waals surface area contributed by atoms with E-state index < -0.39 is 32.7 Å².